The maximum atomic E-state index is 5.47. The van der Waals surface area contributed by atoms with Crippen molar-refractivity contribution in [2.75, 3.05) is 24.6 Å². The second-order valence-corrected chi connectivity index (χ2v) is 5.97. The molecular formula is C11H24N2S. The van der Waals surface area contributed by atoms with Crippen LogP contribution in [0.4, 0.5) is 0 Å². The second kappa shape index (κ2) is 5.99. The van der Waals surface area contributed by atoms with Crippen LogP contribution in [-0.2, 0) is 0 Å². The van der Waals surface area contributed by atoms with Crippen molar-refractivity contribution in [3.8, 4) is 0 Å². The van der Waals surface area contributed by atoms with Gasteiger partial charge in [0, 0.05) is 11.8 Å². The molecule has 1 saturated heterocycles. The topological polar surface area (TPSA) is 38.0 Å². The highest BCUT2D eigenvalue weighted by molar-refractivity contribution is 7.99. The first kappa shape index (κ1) is 12.3. The minimum Gasteiger partial charge on any atom is -0.330 e. The molecule has 1 aliphatic heterocycles. The van der Waals surface area contributed by atoms with E-state index < -0.39 is 0 Å². The van der Waals surface area contributed by atoms with Crippen LogP contribution < -0.4 is 11.1 Å². The molecule has 0 aromatic heterocycles. The Kier molecular flexibility index (Phi) is 5.28. The van der Waals surface area contributed by atoms with Crippen molar-refractivity contribution in [1.82, 2.24) is 5.32 Å². The van der Waals surface area contributed by atoms with Crippen molar-refractivity contribution in [3.63, 3.8) is 0 Å². The first-order chi connectivity index (χ1) is 6.67. The van der Waals surface area contributed by atoms with E-state index in [0.29, 0.717) is 11.5 Å². The lowest BCUT2D eigenvalue weighted by Gasteiger charge is -2.39. The third-order valence-corrected chi connectivity index (χ3v) is 4.20. The van der Waals surface area contributed by atoms with E-state index in [0.717, 1.165) is 19.5 Å². The molecule has 0 saturated carbocycles. The smallest absolute Gasteiger partial charge is 0.0209 e. The number of hydrogen-bond donors (Lipinski definition) is 2. The zero-order chi connectivity index (χ0) is 10.4. The molecule has 0 amide bonds. The van der Waals surface area contributed by atoms with E-state index in [-0.39, 0.29) is 0 Å². The maximum absolute atomic E-state index is 5.47. The summed E-state index contributed by atoms with van der Waals surface area (Å²) < 4.78 is 0. The van der Waals surface area contributed by atoms with Gasteiger partial charge >= 0.3 is 0 Å². The van der Waals surface area contributed by atoms with Crippen LogP contribution in [0, 0.1) is 5.41 Å². The van der Waals surface area contributed by atoms with Gasteiger partial charge in [0.1, 0.15) is 0 Å². The van der Waals surface area contributed by atoms with Crippen molar-refractivity contribution in [3.05, 3.63) is 0 Å². The normalized spacial score (nSPS) is 26.4. The van der Waals surface area contributed by atoms with Crippen LogP contribution in [-0.4, -0.2) is 30.6 Å². The molecule has 0 radical (unpaired) electrons. The zero-order valence-corrected chi connectivity index (χ0v) is 10.3. The van der Waals surface area contributed by atoms with Crippen LogP contribution >= 0.6 is 11.8 Å². The first-order valence-corrected chi connectivity index (χ1v) is 6.83. The highest BCUT2D eigenvalue weighted by Gasteiger charge is 2.31. The Hall–Kier alpha value is 0.270. The Morgan fingerprint density at radius 1 is 1.43 bits per heavy atom. The van der Waals surface area contributed by atoms with Gasteiger partial charge in [0.2, 0.25) is 0 Å². The lowest BCUT2D eigenvalue weighted by atomic mass is 9.82. The Balaban J connectivity index is 2.20. The molecule has 1 unspecified atom stereocenters. The van der Waals surface area contributed by atoms with E-state index in [1.807, 2.05) is 0 Å². The van der Waals surface area contributed by atoms with E-state index in [2.05, 4.69) is 30.9 Å². The average Bonchev–Trinajstić information content (AvgIpc) is 2.14. The van der Waals surface area contributed by atoms with E-state index in [1.165, 1.54) is 24.3 Å². The molecule has 1 atom stereocenters. The van der Waals surface area contributed by atoms with Gasteiger partial charge in [0.05, 0.1) is 0 Å². The fourth-order valence-corrected chi connectivity index (χ4v) is 3.46. The molecule has 0 spiro atoms. The minimum absolute atomic E-state index is 0.480. The van der Waals surface area contributed by atoms with Gasteiger partial charge in [-0.3, -0.25) is 0 Å². The van der Waals surface area contributed by atoms with Gasteiger partial charge in [0.15, 0.2) is 0 Å². The lowest BCUT2D eigenvalue weighted by molar-refractivity contribution is 0.246. The molecular weight excluding hydrogens is 192 g/mol. The first-order valence-electron chi connectivity index (χ1n) is 5.68. The number of rotatable bonds is 5. The molecule has 0 aromatic carbocycles. The van der Waals surface area contributed by atoms with E-state index in [1.54, 1.807) is 0 Å². The van der Waals surface area contributed by atoms with Crippen LogP contribution in [0.5, 0.6) is 0 Å². The SMILES string of the molecule is CC1(C)CCSCC1NCCCCN. The Bertz CT molecular complexity index is 159. The molecule has 0 bridgehead atoms. The van der Waals surface area contributed by atoms with Crippen LogP contribution in [0.1, 0.15) is 33.1 Å². The summed E-state index contributed by atoms with van der Waals surface area (Å²) in [6.45, 7) is 6.72. The standard InChI is InChI=1S/C11H24N2S/c1-11(2)5-8-14-9-10(11)13-7-4-3-6-12/h10,13H,3-9,12H2,1-2H3. The van der Waals surface area contributed by atoms with Gasteiger partial charge in [-0.05, 0) is 43.5 Å². The van der Waals surface area contributed by atoms with Gasteiger partial charge < -0.3 is 11.1 Å². The quantitative estimate of drug-likeness (QED) is 0.689. The summed E-state index contributed by atoms with van der Waals surface area (Å²) in [7, 11) is 0. The van der Waals surface area contributed by atoms with E-state index in [4.69, 9.17) is 5.73 Å². The molecule has 84 valence electrons. The molecule has 1 heterocycles. The van der Waals surface area contributed by atoms with Crippen LogP contribution in [0.25, 0.3) is 0 Å². The van der Waals surface area contributed by atoms with Crippen molar-refractivity contribution < 1.29 is 0 Å². The predicted octanol–water partition coefficient (Wildman–Crippen LogP) is 1.85. The molecule has 2 nitrogen and oxygen atoms in total. The number of nitrogens with two attached hydrogens (primary N) is 1. The molecule has 0 aromatic rings. The number of thioether (sulfide) groups is 1. The van der Waals surface area contributed by atoms with Crippen LogP contribution in [0.2, 0.25) is 0 Å². The van der Waals surface area contributed by atoms with Gasteiger partial charge in [-0.25, -0.2) is 0 Å². The fourth-order valence-electron chi connectivity index (χ4n) is 1.82. The monoisotopic (exact) mass is 216 g/mol. The Morgan fingerprint density at radius 3 is 2.86 bits per heavy atom. The van der Waals surface area contributed by atoms with Crippen molar-refractivity contribution in [2.45, 2.75) is 39.2 Å². The lowest BCUT2D eigenvalue weighted by Crippen LogP contribution is -2.46. The third-order valence-electron chi connectivity index (χ3n) is 3.14. The van der Waals surface area contributed by atoms with Crippen LogP contribution in [0.15, 0.2) is 0 Å². The van der Waals surface area contributed by atoms with Gasteiger partial charge in [-0.15, -0.1) is 0 Å². The average molecular weight is 216 g/mol. The van der Waals surface area contributed by atoms with Gasteiger partial charge in [-0.1, -0.05) is 13.8 Å². The maximum Gasteiger partial charge on any atom is 0.0209 e. The summed E-state index contributed by atoms with van der Waals surface area (Å²) in [5, 5.41) is 3.67. The van der Waals surface area contributed by atoms with Gasteiger partial charge in [-0.2, -0.15) is 11.8 Å². The summed E-state index contributed by atoms with van der Waals surface area (Å²) in [5.74, 6) is 2.60. The van der Waals surface area contributed by atoms with Crippen molar-refractivity contribution >= 4 is 11.8 Å². The highest BCUT2D eigenvalue weighted by Crippen LogP contribution is 2.33. The number of unbranched alkanes of at least 4 members (excludes halogenated alkanes) is 1. The molecule has 1 fully saturated rings. The minimum atomic E-state index is 0.480. The Morgan fingerprint density at radius 2 is 2.21 bits per heavy atom. The molecule has 1 rings (SSSR count). The van der Waals surface area contributed by atoms with Crippen molar-refractivity contribution in [1.29, 1.82) is 0 Å². The third kappa shape index (κ3) is 3.79. The largest absolute Gasteiger partial charge is 0.330 e. The summed E-state index contributed by atoms with van der Waals surface area (Å²) in [5.41, 5.74) is 5.95. The summed E-state index contributed by atoms with van der Waals surface area (Å²) in [4.78, 5) is 0. The fraction of sp³-hybridized carbons (Fsp3) is 1.00. The summed E-state index contributed by atoms with van der Waals surface area (Å²) in [6, 6.07) is 0.694. The number of nitrogens with one attached hydrogen (secondary N) is 1. The summed E-state index contributed by atoms with van der Waals surface area (Å²) >= 11 is 2.08. The van der Waals surface area contributed by atoms with Crippen molar-refractivity contribution in [2.24, 2.45) is 11.1 Å². The van der Waals surface area contributed by atoms with E-state index in [9.17, 15) is 0 Å². The number of hydrogen-bond acceptors (Lipinski definition) is 3. The molecule has 0 aliphatic carbocycles. The zero-order valence-electron chi connectivity index (χ0n) is 9.51. The van der Waals surface area contributed by atoms with Gasteiger partial charge in [0.25, 0.3) is 0 Å². The molecule has 3 heteroatoms. The van der Waals surface area contributed by atoms with E-state index >= 15 is 0 Å². The molecule has 1 aliphatic rings. The second-order valence-electron chi connectivity index (χ2n) is 4.82. The van der Waals surface area contributed by atoms with Crippen LogP contribution in [0.3, 0.4) is 0 Å². The Labute approximate surface area is 92.4 Å². The predicted molar refractivity (Wildman–Crippen MR) is 65.8 cm³/mol. The highest BCUT2D eigenvalue weighted by atomic mass is 32.2. The molecule has 14 heavy (non-hydrogen) atoms. The summed E-state index contributed by atoms with van der Waals surface area (Å²) in [6.07, 6.45) is 3.70. The molecule has 3 N–H and O–H groups in total.